The highest BCUT2D eigenvalue weighted by molar-refractivity contribution is 7.22. The molecule has 6 nitrogen and oxygen atoms in total. The average Bonchev–Trinajstić information content (AvgIpc) is 2.74. The van der Waals surface area contributed by atoms with Crippen LogP contribution in [0.4, 0.5) is 28.3 Å². The Kier molecular flexibility index (Phi) is 5.87. The summed E-state index contributed by atoms with van der Waals surface area (Å²) in [5, 5.41) is 11.3. The maximum Gasteiger partial charge on any atom is 0.416 e. The summed E-state index contributed by atoms with van der Waals surface area (Å²) in [6, 6.07) is 11.6. The van der Waals surface area contributed by atoms with E-state index in [0.717, 1.165) is 23.0 Å². The molecule has 0 saturated carbocycles. The summed E-state index contributed by atoms with van der Waals surface area (Å²) in [5.41, 5.74) is -1.87. The van der Waals surface area contributed by atoms with Crippen molar-refractivity contribution in [2.24, 2.45) is 0 Å². The minimum atomic E-state index is -4.83. The molecule has 168 valence electrons. The third-order valence-corrected chi connectivity index (χ3v) is 6.50. The molecule has 0 N–H and O–H groups in total. The summed E-state index contributed by atoms with van der Waals surface area (Å²) in [6.07, 6.45) is -6.17. The molecule has 1 saturated heterocycles. The number of non-ortho nitro benzene ring substituents is 1. The van der Waals surface area contributed by atoms with Gasteiger partial charge in [0.05, 0.1) is 22.0 Å². The summed E-state index contributed by atoms with van der Waals surface area (Å²) in [7, 11) is 0. The van der Waals surface area contributed by atoms with Gasteiger partial charge in [0.15, 0.2) is 11.7 Å². The number of halogens is 4. The molecular formula is C21H17F4N3O3S. The van der Waals surface area contributed by atoms with E-state index in [1.54, 1.807) is 9.80 Å². The van der Waals surface area contributed by atoms with E-state index in [1.165, 1.54) is 0 Å². The maximum absolute atomic E-state index is 14.9. The Balaban J connectivity index is 1.65. The molecule has 4 rings (SSSR count). The molecule has 0 radical (unpaired) electrons. The van der Waals surface area contributed by atoms with Crippen LogP contribution < -0.4 is 10.3 Å². The van der Waals surface area contributed by atoms with Crippen molar-refractivity contribution in [1.82, 2.24) is 4.90 Å². The molecule has 0 bridgehead atoms. The first-order valence-corrected chi connectivity index (χ1v) is 10.5. The number of rotatable bonds is 4. The molecule has 2 aromatic carbocycles. The Bertz CT molecular complexity index is 1220. The Morgan fingerprint density at radius 3 is 2.47 bits per heavy atom. The number of hydrogen-bond donors (Lipinski definition) is 0. The van der Waals surface area contributed by atoms with E-state index in [4.69, 9.17) is 0 Å². The van der Waals surface area contributed by atoms with Gasteiger partial charge in [0.25, 0.3) is 5.69 Å². The Hall–Kier alpha value is -3.05. The molecular weight excluding hydrogens is 450 g/mol. The standard InChI is InChI=1S/C21H17F4N3O3S/c22-18-12-27(7-6-26(18)11-13-4-2-1-3-5-13)19-10-17(29)15-8-14(21(23,24)25)9-16(28(30)31)20(15)32-19/h1-5,8-10,18H,6-7,11-12H2. The zero-order chi connectivity index (χ0) is 23.0. The van der Waals surface area contributed by atoms with Crippen LogP contribution in [-0.2, 0) is 12.7 Å². The van der Waals surface area contributed by atoms with Crippen molar-refractivity contribution in [2.45, 2.75) is 19.0 Å². The van der Waals surface area contributed by atoms with Crippen molar-refractivity contribution in [3.8, 4) is 0 Å². The predicted octanol–water partition coefficient (Wildman–Crippen LogP) is 4.81. The lowest BCUT2D eigenvalue weighted by atomic mass is 10.1. The van der Waals surface area contributed by atoms with E-state index in [2.05, 4.69) is 0 Å². The van der Waals surface area contributed by atoms with Gasteiger partial charge in [0, 0.05) is 37.2 Å². The monoisotopic (exact) mass is 467 g/mol. The summed E-state index contributed by atoms with van der Waals surface area (Å²) < 4.78 is 54.1. The van der Waals surface area contributed by atoms with Gasteiger partial charge in [-0.25, -0.2) is 4.39 Å². The van der Waals surface area contributed by atoms with Crippen LogP contribution in [0.25, 0.3) is 10.1 Å². The molecule has 0 amide bonds. The lowest BCUT2D eigenvalue weighted by Gasteiger charge is -2.38. The normalized spacial score (nSPS) is 17.6. The van der Waals surface area contributed by atoms with Gasteiger partial charge in [0.1, 0.15) is 4.70 Å². The van der Waals surface area contributed by atoms with Crippen molar-refractivity contribution in [2.75, 3.05) is 24.5 Å². The number of nitrogens with zero attached hydrogens (tertiary/aromatic N) is 3. The first-order chi connectivity index (χ1) is 15.1. The van der Waals surface area contributed by atoms with E-state index in [9.17, 15) is 32.5 Å². The molecule has 11 heteroatoms. The highest BCUT2D eigenvalue weighted by Crippen LogP contribution is 2.39. The minimum absolute atomic E-state index is 0.0668. The molecule has 1 aromatic heterocycles. The van der Waals surface area contributed by atoms with E-state index in [0.29, 0.717) is 31.8 Å². The second-order valence-electron chi connectivity index (χ2n) is 7.41. The molecule has 1 unspecified atom stereocenters. The van der Waals surface area contributed by atoms with Gasteiger partial charge in [-0.3, -0.25) is 19.8 Å². The smallest absolute Gasteiger partial charge is 0.358 e. The summed E-state index contributed by atoms with van der Waals surface area (Å²) in [5.74, 6) is 0. The molecule has 0 spiro atoms. The highest BCUT2D eigenvalue weighted by atomic mass is 32.1. The minimum Gasteiger partial charge on any atom is -0.358 e. The lowest BCUT2D eigenvalue weighted by Crippen LogP contribution is -2.50. The largest absolute Gasteiger partial charge is 0.416 e. The average molecular weight is 467 g/mol. The number of fused-ring (bicyclic) bond motifs is 1. The fraction of sp³-hybridized carbons (Fsp3) is 0.286. The predicted molar refractivity (Wildman–Crippen MR) is 114 cm³/mol. The van der Waals surface area contributed by atoms with Crippen LogP contribution in [0.3, 0.4) is 0 Å². The maximum atomic E-state index is 14.9. The zero-order valence-corrected chi connectivity index (χ0v) is 17.3. The molecule has 2 heterocycles. The molecule has 3 aromatic rings. The van der Waals surface area contributed by atoms with Gasteiger partial charge in [-0.2, -0.15) is 13.2 Å². The Morgan fingerprint density at radius 2 is 1.84 bits per heavy atom. The van der Waals surface area contributed by atoms with Gasteiger partial charge in [0.2, 0.25) is 0 Å². The van der Waals surface area contributed by atoms with Crippen LogP contribution in [-0.4, -0.2) is 35.8 Å². The lowest BCUT2D eigenvalue weighted by molar-refractivity contribution is -0.383. The molecule has 1 fully saturated rings. The summed E-state index contributed by atoms with van der Waals surface area (Å²) in [6.45, 7) is 1.06. The van der Waals surface area contributed by atoms with Gasteiger partial charge in [-0.1, -0.05) is 30.3 Å². The van der Waals surface area contributed by atoms with Crippen LogP contribution in [0.5, 0.6) is 0 Å². The molecule has 32 heavy (non-hydrogen) atoms. The third kappa shape index (κ3) is 4.44. The number of alkyl halides is 4. The molecule has 1 aliphatic heterocycles. The van der Waals surface area contributed by atoms with Crippen molar-refractivity contribution in [3.63, 3.8) is 0 Å². The Morgan fingerprint density at radius 1 is 1.12 bits per heavy atom. The summed E-state index contributed by atoms with van der Waals surface area (Å²) >= 11 is 0.821. The number of benzene rings is 2. The molecule has 1 aliphatic rings. The first kappa shape index (κ1) is 22.2. The van der Waals surface area contributed by atoms with Crippen LogP contribution in [0.1, 0.15) is 11.1 Å². The van der Waals surface area contributed by atoms with E-state index >= 15 is 0 Å². The van der Waals surface area contributed by atoms with E-state index in [-0.39, 0.29) is 21.6 Å². The fourth-order valence-corrected chi connectivity index (χ4v) is 4.83. The van der Waals surface area contributed by atoms with Crippen molar-refractivity contribution >= 4 is 32.1 Å². The van der Waals surface area contributed by atoms with Crippen LogP contribution >= 0.6 is 11.3 Å². The SMILES string of the molecule is O=c1cc(N2CCN(Cc3ccccc3)C(F)C2)sc2c([N+](=O)[O-])cc(C(F)(F)F)cc12. The quantitative estimate of drug-likeness (QED) is 0.239. The van der Waals surface area contributed by atoms with Crippen molar-refractivity contribution < 1.29 is 22.5 Å². The van der Waals surface area contributed by atoms with Crippen molar-refractivity contribution in [3.05, 3.63) is 80.0 Å². The number of nitro benzene ring substituents is 1. The molecule has 0 aliphatic carbocycles. The second kappa shape index (κ2) is 8.47. The summed E-state index contributed by atoms with van der Waals surface area (Å²) in [4.78, 5) is 26.3. The van der Waals surface area contributed by atoms with E-state index in [1.807, 2.05) is 30.3 Å². The number of nitro groups is 1. The zero-order valence-electron chi connectivity index (χ0n) is 16.5. The van der Waals surface area contributed by atoms with Gasteiger partial charge >= 0.3 is 6.18 Å². The second-order valence-corrected chi connectivity index (χ2v) is 8.44. The number of hydrogen-bond acceptors (Lipinski definition) is 6. The molecule has 1 atom stereocenters. The first-order valence-electron chi connectivity index (χ1n) is 9.64. The Labute approximate surface area is 183 Å². The van der Waals surface area contributed by atoms with Crippen LogP contribution in [0.15, 0.2) is 53.3 Å². The fourth-order valence-electron chi connectivity index (χ4n) is 3.66. The van der Waals surface area contributed by atoms with Crippen LogP contribution in [0.2, 0.25) is 0 Å². The van der Waals surface area contributed by atoms with Crippen molar-refractivity contribution in [1.29, 1.82) is 0 Å². The highest BCUT2D eigenvalue weighted by Gasteiger charge is 2.34. The van der Waals surface area contributed by atoms with Gasteiger partial charge in [-0.05, 0) is 11.6 Å². The van der Waals surface area contributed by atoms with Gasteiger partial charge < -0.3 is 4.90 Å². The van der Waals surface area contributed by atoms with E-state index < -0.39 is 34.1 Å². The van der Waals surface area contributed by atoms with Crippen LogP contribution in [0, 0.1) is 10.1 Å². The topological polar surface area (TPSA) is 66.7 Å². The van der Waals surface area contributed by atoms with Gasteiger partial charge in [-0.15, -0.1) is 11.3 Å². The number of piperazine rings is 1. The number of anilines is 1. The third-order valence-electron chi connectivity index (χ3n) is 5.28.